The van der Waals surface area contributed by atoms with Crippen LogP contribution >= 0.6 is 0 Å². The number of nitrogens with zero attached hydrogens (tertiary/aromatic N) is 2. The molecule has 1 fully saturated rings. The van der Waals surface area contributed by atoms with Crippen molar-refractivity contribution in [3.63, 3.8) is 0 Å². The molecular weight excluding hydrogens is 303 g/mol. The van der Waals surface area contributed by atoms with E-state index < -0.39 is 18.2 Å². The number of aliphatic hydroxyl groups is 1. The van der Waals surface area contributed by atoms with E-state index in [-0.39, 0.29) is 13.2 Å². The molecule has 3 heterocycles. The predicted octanol–water partition coefficient (Wildman–Crippen LogP) is 1.10. The number of hydrogen-bond acceptors (Lipinski definition) is 6. The molecule has 0 bridgehead atoms. The van der Waals surface area contributed by atoms with Gasteiger partial charge < -0.3 is 20.5 Å². The SMILES string of the molecule is O=C(CF)Nc1cnc2cccnc2c1NCC1(O)CCOC1. The van der Waals surface area contributed by atoms with Gasteiger partial charge in [-0.15, -0.1) is 0 Å². The molecule has 1 atom stereocenters. The maximum Gasteiger partial charge on any atom is 0.255 e. The third-order valence-electron chi connectivity index (χ3n) is 3.70. The van der Waals surface area contributed by atoms with Crippen molar-refractivity contribution < 1.29 is 19.0 Å². The summed E-state index contributed by atoms with van der Waals surface area (Å²) in [5, 5.41) is 15.9. The molecule has 2 aromatic rings. The number of aromatic nitrogens is 2. The Balaban J connectivity index is 1.93. The predicted molar refractivity (Wildman–Crippen MR) is 83.0 cm³/mol. The van der Waals surface area contributed by atoms with Crippen molar-refractivity contribution in [1.29, 1.82) is 0 Å². The number of carbonyl (C=O) groups excluding carboxylic acids is 1. The number of alkyl halides is 1. The maximum atomic E-state index is 12.5. The van der Waals surface area contributed by atoms with E-state index in [1.54, 1.807) is 18.3 Å². The minimum atomic E-state index is -1.13. The lowest BCUT2D eigenvalue weighted by Crippen LogP contribution is -2.37. The van der Waals surface area contributed by atoms with Crippen LogP contribution in [0.15, 0.2) is 24.5 Å². The zero-order valence-corrected chi connectivity index (χ0v) is 12.4. The Hall–Kier alpha value is -2.32. The molecule has 23 heavy (non-hydrogen) atoms. The van der Waals surface area contributed by atoms with Crippen LogP contribution in [0.4, 0.5) is 15.8 Å². The molecule has 1 amide bonds. The van der Waals surface area contributed by atoms with Crippen LogP contribution in [0.5, 0.6) is 0 Å². The number of fused-ring (bicyclic) bond motifs is 1. The van der Waals surface area contributed by atoms with Gasteiger partial charge >= 0.3 is 0 Å². The van der Waals surface area contributed by atoms with Crippen LogP contribution in [0.25, 0.3) is 11.0 Å². The van der Waals surface area contributed by atoms with Crippen molar-refractivity contribution in [3.05, 3.63) is 24.5 Å². The highest BCUT2D eigenvalue weighted by Crippen LogP contribution is 2.29. The maximum absolute atomic E-state index is 12.5. The van der Waals surface area contributed by atoms with Gasteiger partial charge in [0.05, 0.1) is 29.7 Å². The quantitative estimate of drug-likeness (QED) is 0.763. The third kappa shape index (κ3) is 3.38. The van der Waals surface area contributed by atoms with Crippen molar-refractivity contribution in [1.82, 2.24) is 9.97 Å². The smallest absolute Gasteiger partial charge is 0.255 e. The van der Waals surface area contributed by atoms with Crippen LogP contribution in [-0.4, -0.2) is 53.0 Å². The van der Waals surface area contributed by atoms with Gasteiger partial charge in [-0.3, -0.25) is 14.8 Å². The van der Waals surface area contributed by atoms with E-state index in [1.807, 2.05) is 0 Å². The molecule has 0 radical (unpaired) electrons. The molecule has 2 aromatic heterocycles. The van der Waals surface area contributed by atoms with E-state index in [1.165, 1.54) is 6.20 Å². The second kappa shape index (κ2) is 6.43. The lowest BCUT2D eigenvalue weighted by molar-refractivity contribution is -0.117. The van der Waals surface area contributed by atoms with Crippen LogP contribution in [0, 0.1) is 0 Å². The Bertz CT molecular complexity index is 719. The van der Waals surface area contributed by atoms with Gasteiger partial charge in [0.2, 0.25) is 0 Å². The number of amides is 1. The van der Waals surface area contributed by atoms with E-state index in [9.17, 15) is 14.3 Å². The number of anilines is 2. The first kappa shape index (κ1) is 15.6. The topological polar surface area (TPSA) is 96.4 Å². The van der Waals surface area contributed by atoms with E-state index in [2.05, 4.69) is 20.6 Å². The molecule has 8 heteroatoms. The lowest BCUT2D eigenvalue weighted by atomic mass is 10.0. The average molecular weight is 320 g/mol. The molecule has 0 aliphatic carbocycles. The number of ether oxygens (including phenoxy) is 1. The summed E-state index contributed by atoms with van der Waals surface area (Å²) in [6.07, 6.45) is 3.56. The van der Waals surface area contributed by atoms with Crippen LogP contribution in [0.2, 0.25) is 0 Å². The largest absolute Gasteiger partial charge is 0.386 e. The summed E-state index contributed by atoms with van der Waals surface area (Å²) >= 11 is 0. The molecule has 7 nitrogen and oxygen atoms in total. The Morgan fingerprint density at radius 1 is 1.48 bits per heavy atom. The van der Waals surface area contributed by atoms with Gasteiger partial charge in [0.15, 0.2) is 6.67 Å². The minimum absolute atomic E-state index is 0.223. The molecule has 3 N–H and O–H groups in total. The van der Waals surface area contributed by atoms with E-state index >= 15 is 0 Å². The van der Waals surface area contributed by atoms with Crippen molar-refractivity contribution in [3.8, 4) is 0 Å². The molecule has 1 saturated heterocycles. The van der Waals surface area contributed by atoms with Gasteiger partial charge in [0.1, 0.15) is 11.1 Å². The number of rotatable bonds is 5. The van der Waals surface area contributed by atoms with E-state index in [4.69, 9.17) is 4.74 Å². The van der Waals surface area contributed by atoms with Gasteiger partial charge in [-0.05, 0) is 12.1 Å². The molecule has 122 valence electrons. The Morgan fingerprint density at radius 3 is 3.09 bits per heavy atom. The molecule has 1 aliphatic rings. The lowest BCUT2D eigenvalue weighted by Gasteiger charge is -2.23. The fraction of sp³-hybridized carbons (Fsp3) is 0.400. The standard InChI is InChI=1S/C15H17FN4O3/c16-6-12(21)20-11-7-18-10-2-1-4-17-13(10)14(11)19-8-15(22)3-5-23-9-15/h1-2,4,7,22H,3,5-6,8-9H2,(H,18,19)(H,20,21). The van der Waals surface area contributed by atoms with Crippen LogP contribution in [0.3, 0.4) is 0 Å². The van der Waals surface area contributed by atoms with Gasteiger partial charge in [0.25, 0.3) is 5.91 Å². The van der Waals surface area contributed by atoms with E-state index in [0.717, 1.165) is 0 Å². The normalized spacial score (nSPS) is 20.6. The van der Waals surface area contributed by atoms with Crippen molar-refractivity contribution in [2.45, 2.75) is 12.0 Å². The molecule has 0 saturated carbocycles. The third-order valence-corrected chi connectivity index (χ3v) is 3.70. The molecule has 0 spiro atoms. The van der Waals surface area contributed by atoms with Gasteiger partial charge in [0, 0.05) is 25.8 Å². The summed E-state index contributed by atoms with van der Waals surface area (Å²) in [5.41, 5.74) is 1.000. The van der Waals surface area contributed by atoms with Crippen molar-refractivity contribution in [2.24, 2.45) is 0 Å². The van der Waals surface area contributed by atoms with Crippen molar-refractivity contribution in [2.75, 3.05) is 37.1 Å². The summed E-state index contributed by atoms with van der Waals surface area (Å²) < 4.78 is 17.7. The summed E-state index contributed by atoms with van der Waals surface area (Å²) in [7, 11) is 0. The molecular formula is C15H17FN4O3. The van der Waals surface area contributed by atoms with Gasteiger partial charge in [-0.1, -0.05) is 0 Å². The van der Waals surface area contributed by atoms with Crippen molar-refractivity contribution >= 4 is 28.3 Å². The average Bonchev–Trinajstić information content (AvgIpc) is 3.00. The van der Waals surface area contributed by atoms with Gasteiger partial charge in [-0.2, -0.15) is 0 Å². The zero-order valence-electron chi connectivity index (χ0n) is 12.4. The highest BCUT2D eigenvalue weighted by atomic mass is 19.1. The number of pyridine rings is 2. The number of hydrogen-bond donors (Lipinski definition) is 3. The summed E-state index contributed by atoms with van der Waals surface area (Å²) in [4.78, 5) is 19.8. The summed E-state index contributed by atoms with van der Waals surface area (Å²) in [5.74, 6) is -0.770. The highest BCUT2D eigenvalue weighted by molar-refractivity contribution is 6.01. The Morgan fingerprint density at radius 2 is 2.35 bits per heavy atom. The fourth-order valence-electron chi connectivity index (χ4n) is 2.47. The number of halogens is 1. The summed E-state index contributed by atoms with van der Waals surface area (Å²) in [6.45, 7) is -0.166. The van der Waals surface area contributed by atoms with Crippen LogP contribution in [-0.2, 0) is 9.53 Å². The first-order chi connectivity index (χ1) is 11.1. The Kier molecular flexibility index (Phi) is 4.35. The van der Waals surface area contributed by atoms with Crippen LogP contribution in [0.1, 0.15) is 6.42 Å². The highest BCUT2D eigenvalue weighted by Gasteiger charge is 2.32. The second-order valence-electron chi connectivity index (χ2n) is 5.48. The second-order valence-corrected chi connectivity index (χ2v) is 5.48. The first-order valence-corrected chi connectivity index (χ1v) is 7.25. The monoisotopic (exact) mass is 320 g/mol. The minimum Gasteiger partial charge on any atom is -0.386 e. The molecule has 1 aliphatic heterocycles. The number of carbonyl (C=O) groups is 1. The summed E-state index contributed by atoms with van der Waals surface area (Å²) in [6, 6.07) is 3.53. The Labute approximate surface area is 131 Å². The van der Waals surface area contributed by atoms with Gasteiger partial charge in [-0.25, -0.2) is 4.39 Å². The van der Waals surface area contributed by atoms with E-state index in [0.29, 0.717) is 35.4 Å². The number of nitrogens with one attached hydrogen (secondary N) is 2. The zero-order chi connectivity index (χ0) is 16.3. The molecule has 0 aromatic carbocycles. The molecule has 1 unspecified atom stereocenters. The molecule has 3 rings (SSSR count). The first-order valence-electron chi connectivity index (χ1n) is 7.25. The fourth-order valence-corrected chi connectivity index (χ4v) is 2.47. The van der Waals surface area contributed by atoms with Crippen LogP contribution < -0.4 is 10.6 Å².